The van der Waals surface area contributed by atoms with Crippen LogP contribution in [0, 0.1) is 0 Å². The molecule has 0 aliphatic carbocycles. The van der Waals surface area contributed by atoms with E-state index >= 15 is 0 Å². The maximum absolute atomic E-state index is 10.3. The molecule has 0 radical (unpaired) electrons. The van der Waals surface area contributed by atoms with Crippen LogP contribution in [0.3, 0.4) is 0 Å². The lowest BCUT2D eigenvalue weighted by Gasteiger charge is -2.39. The largest absolute Gasteiger partial charge is 0.390 e. The predicted molar refractivity (Wildman–Crippen MR) is 108 cm³/mol. The van der Waals surface area contributed by atoms with Gasteiger partial charge in [0.1, 0.15) is 0 Å². The summed E-state index contributed by atoms with van der Waals surface area (Å²) < 4.78 is 0. The molecule has 0 spiro atoms. The molecule has 0 rings (SSSR count). The summed E-state index contributed by atoms with van der Waals surface area (Å²) >= 11 is 0. The molecule has 0 bridgehead atoms. The summed E-state index contributed by atoms with van der Waals surface area (Å²) in [5.74, 6) is -2.58. The van der Waals surface area contributed by atoms with E-state index in [2.05, 4.69) is 13.5 Å². The number of hydrogen-bond acceptors (Lipinski definition) is 5. The van der Waals surface area contributed by atoms with Crippen LogP contribution in [0.1, 0.15) is 96.8 Å². The van der Waals surface area contributed by atoms with Gasteiger partial charge >= 0.3 is 0 Å². The molecule has 0 aliphatic rings. The molecule has 0 amide bonds. The minimum atomic E-state index is -2.58. The number of unbranched alkanes of at least 4 members (excludes halogenated alkanes) is 12. The van der Waals surface area contributed by atoms with Gasteiger partial charge < -0.3 is 26.2 Å². The quantitative estimate of drug-likeness (QED) is 0.144. The second-order valence-corrected chi connectivity index (χ2v) is 7.60. The molecule has 6 N–H and O–H groups in total. The average molecular weight is 374 g/mol. The van der Waals surface area contributed by atoms with Crippen LogP contribution in [0.2, 0.25) is 0 Å². The van der Waals surface area contributed by atoms with Crippen LogP contribution in [0.25, 0.3) is 0 Å². The molecule has 0 saturated heterocycles. The Balaban J connectivity index is 3.67. The predicted octanol–water partition coefficient (Wildman–Crippen LogP) is 3.39. The van der Waals surface area contributed by atoms with Crippen LogP contribution in [0.5, 0.6) is 0 Å². The molecular weight excluding hydrogens is 330 g/mol. The summed E-state index contributed by atoms with van der Waals surface area (Å²) in [7, 11) is 0. The van der Waals surface area contributed by atoms with Crippen molar-refractivity contribution in [2.45, 2.75) is 114 Å². The zero-order chi connectivity index (χ0) is 19.9. The molecule has 0 heterocycles. The zero-order valence-electron chi connectivity index (χ0n) is 16.8. The number of aliphatic hydroxyl groups excluding tert-OH is 1. The normalized spacial score (nSPS) is 15.6. The number of nitrogens with two attached hydrogens (primary N) is 1. The smallest absolute Gasteiger partial charge is 0.211 e. The lowest BCUT2D eigenvalue weighted by Crippen LogP contribution is -2.63. The van der Waals surface area contributed by atoms with Crippen molar-refractivity contribution in [1.82, 2.24) is 0 Å². The first-order valence-corrected chi connectivity index (χ1v) is 10.5. The SMILES string of the molecule is C=CC(O)(C(O)CCCCCCCCCCCCCCC)C(O)(O)CN. The van der Waals surface area contributed by atoms with Gasteiger partial charge in [0.25, 0.3) is 0 Å². The van der Waals surface area contributed by atoms with E-state index in [1.807, 2.05) is 0 Å². The van der Waals surface area contributed by atoms with Gasteiger partial charge in [-0.25, -0.2) is 0 Å². The topological polar surface area (TPSA) is 107 Å². The van der Waals surface area contributed by atoms with Gasteiger partial charge in [0.05, 0.1) is 12.6 Å². The van der Waals surface area contributed by atoms with Gasteiger partial charge in [0.15, 0.2) is 5.60 Å². The van der Waals surface area contributed by atoms with E-state index in [4.69, 9.17) is 5.73 Å². The highest BCUT2D eigenvalue weighted by Crippen LogP contribution is 2.28. The summed E-state index contributed by atoms with van der Waals surface area (Å²) in [5.41, 5.74) is 3.05. The van der Waals surface area contributed by atoms with Crippen LogP contribution >= 0.6 is 0 Å². The lowest BCUT2D eigenvalue weighted by molar-refractivity contribution is -0.276. The van der Waals surface area contributed by atoms with Gasteiger partial charge in [-0.2, -0.15) is 0 Å². The van der Waals surface area contributed by atoms with Gasteiger partial charge in [-0.3, -0.25) is 0 Å². The van der Waals surface area contributed by atoms with Crippen molar-refractivity contribution >= 4 is 0 Å². The van der Waals surface area contributed by atoms with E-state index in [1.165, 1.54) is 64.2 Å². The second kappa shape index (κ2) is 14.6. The number of hydrogen-bond donors (Lipinski definition) is 5. The Labute approximate surface area is 160 Å². The Kier molecular flexibility index (Phi) is 14.3. The van der Waals surface area contributed by atoms with Gasteiger partial charge in [0, 0.05) is 0 Å². The monoisotopic (exact) mass is 373 g/mol. The highest BCUT2D eigenvalue weighted by Gasteiger charge is 2.50. The molecule has 0 aromatic rings. The molecule has 0 aliphatic heterocycles. The molecule has 0 saturated carbocycles. The lowest BCUT2D eigenvalue weighted by atomic mass is 9.84. The molecule has 26 heavy (non-hydrogen) atoms. The summed E-state index contributed by atoms with van der Waals surface area (Å²) in [6.07, 6.45) is 15.9. The van der Waals surface area contributed by atoms with Crippen molar-refractivity contribution in [3.8, 4) is 0 Å². The van der Waals surface area contributed by atoms with Crippen molar-refractivity contribution in [3.63, 3.8) is 0 Å². The van der Waals surface area contributed by atoms with Crippen LogP contribution in [-0.4, -0.2) is 44.5 Å². The molecule has 2 unspecified atom stereocenters. The Hall–Kier alpha value is -0.460. The van der Waals surface area contributed by atoms with Crippen molar-refractivity contribution in [2.75, 3.05) is 6.54 Å². The van der Waals surface area contributed by atoms with Crippen molar-refractivity contribution in [2.24, 2.45) is 5.73 Å². The molecule has 5 nitrogen and oxygen atoms in total. The molecule has 2 atom stereocenters. The standard InChI is InChI=1S/C21H43NO4/c1-3-5-6-7-8-9-10-11-12-13-14-15-16-17-19(23)20(24,4-2)21(25,26)18-22/h4,19,23-26H,2-3,5-18,22H2,1H3. The molecule has 5 heteroatoms. The minimum absolute atomic E-state index is 0.281. The van der Waals surface area contributed by atoms with E-state index < -0.39 is 24.0 Å². The van der Waals surface area contributed by atoms with E-state index in [-0.39, 0.29) is 6.42 Å². The third kappa shape index (κ3) is 9.47. The van der Waals surface area contributed by atoms with Crippen LogP contribution in [0.4, 0.5) is 0 Å². The first-order chi connectivity index (χ1) is 12.4. The first-order valence-electron chi connectivity index (χ1n) is 10.5. The third-order valence-electron chi connectivity index (χ3n) is 5.33. The molecular formula is C21H43NO4. The van der Waals surface area contributed by atoms with Crippen molar-refractivity contribution in [3.05, 3.63) is 12.7 Å². The van der Waals surface area contributed by atoms with E-state index in [0.29, 0.717) is 0 Å². The summed E-state index contributed by atoms with van der Waals surface area (Å²) in [6, 6.07) is 0. The zero-order valence-corrected chi connectivity index (χ0v) is 16.8. The Morgan fingerprint density at radius 3 is 1.54 bits per heavy atom. The summed E-state index contributed by atoms with van der Waals surface area (Å²) in [5, 5.41) is 39.9. The average Bonchev–Trinajstić information content (AvgIpc) is 2.64. The van der Waals surface area contributed by atoms with Gasteiger partial charge in [-0.05, 0) is 6.42 Å². The molecule has 0 aromatic carbocycles. The Morgan fingerprint density at radius 1 is 0.808 bits per heavy atom. The van der Waals surface area contributed by atoms with E-state index in [0.717, 1.165) is 25.3 Å². The highest BCUT2D eigenvalue weighted by molar-refractivity contribution is 5.09. The maximum Gasteiger partial charge on any atom is 0.211 e. The second-order valence-electron chi connectivity index (χ2n) is 7.60. The van der Waals surface area contributed by atoms with Crippen LogP contribution < -0.4 is 5.73 Å². The third-order valence-corrected chi connectivity index (χ3v) is 5.33. The molecule has 156 valence electrons. The highest BCUT2D eigenvalue weighted by atomic mass is 16.5. The summed E-state index contributed by atoms with van der Waals surface area (Å²) in [6.45, 7) is 5.06. The maximum atomic E-state index is 10.3. The van der Waals surface area contributed by atoms with Crippen LogP contribution in [-0.2, 0) is 0 Å². The van der Waals surface area contributed by atoms with Crippen molar-refractivity contribution in [1.29, 1.82) is 0 Å². The first kappa shape index (κ1) is 25.5. The fourth-order valence-electron chi connectivity index (χ4n) is 3.31. The van der Waals surface area contributed by atoms with Gasteiger partial charge in [-0.15, -0.1) is 0 Å². The van der Waals surface area contributed by atoms with Gasteiger partial charge in [0.2, 0.25) is 5.79 Å². The summed E-state index contributed by atoms with van der Waals surface area (Å²) in [4.78, 5) is 0. The Bertz CT molecular complexity index is 349. The van der Waals surface area contributed by atoms with E-state index in [1.54, 1.807) is 0 Å². The Morgan fingerprint density at radius 2 is 1.19 bits per heavy atom. The number of rotatable bonds is 18. The minimum Gasteiger partial charge on any atom is -0.390 e. The van der Waals surface area contributed by atoms with E-state index in [9.17, 15) is 20.4 Å². The fourth-order valence-corrected chi connectivity index (χ4v) is 3.31. The van der Waals surface area contributed by atoms with Gasteiger partial charge in [-0.1, -0.05) is 103 Å². The molecule has 0 fully saturated rings. The number of aliphatic hydroxyl groups is 4. The van der Waals surface area contributed by atoms with Crippen molar-refractivity contribution < 1.29 is 20.4 Å². The van der Waals surface area contributed by atoms with Crippen LogP contribution in [0.15, 0.2) is 12.7 Å². The fraction of sp³-hybridized carbons (Fsp3) is 0.905. The molecule has 0 aromatic heterocycles.